The Balaban J connectivity index is 1.41. The Morgan fingerprint density at radius 2 is 1.86 bits per heavy atom. The van der Waals surface area contributed by atoms with E-state index in [2.05, 4.69) is 10.3 Å². The van der Waals surface area contributed by atoms with E-state index in [0.29, 0.717) is 17.4 Å². The van der Waals surface area contributed by atoms with Crippen molar-refractivity contribution in [2.24, 2.45) is 0 Å². The van der Waals surface area contributed by atoms with Crippen molar-refractivity contribution in [1.29, 1.82) is 0 Å². The first-order chi connectivity index (χ1) is 13.7. The lowest BCUT2D eigenvalue weighted by molar-refractivity contribution is -0.121. The van der Waals surface area contributed by atoms with Crippen molar-refractivity contribution >= 4 is 16.8 Å². The highest BCUT2D eigenvalue weighted by Gasteiger charge is 2.18. The number of nitrogens with zero attached hydrogens (tertiary/aromatic N) is 2. The maximum absolute atomic E-state index is 12.5. The van der Waals surface area contributed by atoms with Crippen LogP contribution >= 0.6 is 0 Å². The molecule has 0 spiro atoms. The predicted molar refractivity (Wildman–Crippen MR) is 107 cm³/mol. The first-order valence-electron chi connectivity index (χ1n) is 9.66. The van der Waals surface area contributed by atoms with E-state index in [9.17, 15) is 9.59 Å². The van der Waals surface area contributed by atoms with Crippen LogP contribution in [0.4, 0.5) is 0 Å². The van der Waals surface area contributed by atoms with E-state index < -0.39 is 0 Å². The fourth-order valence-corrected chi connectivity index (χ4v) is 3.57. The second-order valence-corrected chi connectivity index (χ2v) is 7.10. The van der Waals surface area contributed by atoms with Gasteiger partial charge in [-0.3, -0.25) is 14.2 Å². The molecule has 0 aliphatic heterocycles. The summed E-state index contributed by atoms with van der Waals surface area (Å²) in [6, 6.07) is 14.9. The molecule has 1 amide bonds. The van der Waals surface area contributed by atoms with Gasteiger partial charge >= 0.3 is 0 Å². The Hall–Kier alpha value is -3.15. The van der Waals surface area contributed by atoms with Gasteiger partial charge < -0.3 is 10.1 Å². The van der Waals surface area contributed by atoms with E-state index >= 15 is 0 Å². The molecule has 0 unspecified atom stereocenters. The van der Waals surface area contributed by atoms with Gasteiger partial charge in [-0.15, -0.1) is 0 Å². The molecule has 1 aliphatic carbocycles. The first-order valence-corrected chi connectivity index (χ1v) is 9.66. The van der Waals surface area contributed by atoms with Crippen molar-refractivity contribution in [3.05, 3.63) is 70.8 Å². The van der Waals surface area contributed by atoms with Crippen LogP contribution in [0.5, 0.6) is 5.75 Å². The molecular formula is C22H23N3O3. The van der Waals surface area contributed by atoms with E-state index in [1.165, 1.54) is 23.7 Å². The van der Waals surface area contributed by atoms with Gasteiger partial charge in [0, 0.05) is 12.1 Å². The third kappa shape index (κ3) is 4.06. The molecule has 1 aromatic heterocycles. The SMILES string of the molecule is O=C(Cn1cnc2ccccc2c1=O)NCc1ccccc1OC1CCCC1. The van der Waals surface area contributed by atoms with Gasteiger partial charge in [0.2, 0.25) is 5.91 Å². The third-order valence-electron chi connectivity index (χ3n) is 5.09. The standard InChI is InChI=1S/C22H23N3O3/c26-21(14-25-15-24-19-11-5-4-10-18(19)22(25)27)23-13-16-7-1-6-12-20(16)28-17-8-2-3-9-17/h1,4-7,10-12,15,17H,2-3,8-9,13-14H2,(H,23,26). The molecule has 4 rings (SSSR count). The maximum atomic E-state index is 12.5. The van der Waals surface area contributed by atoms with E-state index in [1.807, 2.05) is 30.3 Å². The summed E-state index contributed by atoms with van der Waals surface area (Å²) < 4.78 is 7.44. The van der Waals surface area contributed by atoms with Gasteiger partial charge in [0.05, 0.1) is 23.3 Å². The zero-order valence-electron chi connectivity index (χ0n) is 15.6. The summed E-state index contributed by atoms with van der Waals surface area (Å²) in [5.41, 5.74) is 1.35. The topological polar surface area (TPSA) is 73.2 Å². The van der Waals surface area contributed by atoms with Crippen molar-refractivity contribution in [3.8, 4) is 5.75 Å². The van der Waals surface area contributed by atoms with Crippen LogP contribution in [0.25, 0.3) is 10.9 Å². The molecule has 3 aromatic rings. The normalized spacial score (nSPS) is 14.3. The maximum Gasteiger partial charge on any atom is 0.261 e. The fourth-order valence-electron chi connectivity index (χ4n) is 3.57. The molecule has 2 aromatic carbocycles. The molecule has 6 nitrogen and oxygen atoms in total. The van der Waals surface area contributed by atoms with Crippen LogP contribution < -0.4 is 15.6 Å². The number of para-hydroxylation sites is 2. The zero-order chi connectivity index (χ0) is 19.3. The largest absolute Gasteiger partial charge is 0.490 e. The molecular weight excluding hydrogens is 354 g/mol. The minimum Gasteiger partial charge on any atom is -0.490 e. The molecule has 1 fully saturated rings. The molecule has 1 aliphatic rings. The lowest BCUT2D eigenvalue weighted by Gasteiger charge is -2.17. The molecule has 0 bridgehead atoms. The Bertz CT molecular complexity index is 1040. The van der Waals surface area contributed by atoms with Gasteiger partial charge in [0.15, 0.2) is 0 Å². The molecule has 1 N–H and O–H groups in total. The average Bonchev–Trinajstić information content (AvgIpc) is 3.23. The highest BCUT2D eigenvalue weighted by atomic mass is 16.5. The van der Waals surface area contributed by atoms with Crippen LogP contribution in [0.2, 0.25) is 0 Å². The number of amides is 1. The number of aromatic nitrogens is 2. The number of carbonyl (C=O) groups excluding carboxylic acids is 1. The van der Waals surface area contributed by atoms with E-state index in [-0.39, 0.29) is 24.1 Å². The first kappa shape index (κ1) is 18.2. The van der Waals surface area contributed by atoms with Crippen molar-refractivity contribution < 1.29 is 9.53 Å². The molecule has 144 valence electrons. The number of benzene rings is 2. The second kappa shape index (κ2) is 8.25. The molecule has 0 saturated heterocycles. The number of nitrogens with one attached hydrogen (secondary N) is 1. The van der Waals surface area contributed by atoms with E-state index in [4.69, 9.17) is 4.74 Å². The van der Waals surface area contributed by atoms with Crippen LogP contribution in [0.3, 0.4) is 0 Å². The molecule has 1 saturated carbocycles. The van der Waals surface area contributed by atoms with Crippen LogP contribution in [0, 0.1) is 0 Å². The highest BCUT2D eigenvalue weighted by molar-refractivity contribution is 5.78. The van der Waals surface area contributed by atoms with Crippen molar-refractivity contribution in [2.75, 3.05) is 0 Å². The summed E-state index contributed by atoms with van der Waals surface area (Å²) >= 11 is 0. The molecule has 1 heterocycles. The van der Waals surface area contributed by atoms with Crippen molar-refractivity contribution in [1.82, 2.24) is 14.9 Å². The van der Waals surface area contributed by atoms with Gasteiger partial charge in [0.1, 0.15) is 12.3 Å². The van der Waals surface area contributed by atoms with Crippen molar-refractivity contribution in [3.63, 3.8) is 0 Å². The van der Waals surface area contributed by atoms with Crippen molar-refractivity contribution in [2.45, 2.75) is 44.9 Å². The summed E-state index contributed by atoms with van der Waals surface area (Å²) in [6.07, 6.45) is 6.26. The summed E-state index contributed by atoms with van der Waals surface area (Å²) in [4.78, 5) is 29.1. The Labute approximate surface area is 163 Å². The number of ether oxygens (including phenoxy) is 1. The molecule has 0 radical (unpaired) electrons. The van der Waals surface area contributed by atoms with Gasteiger partial charge in [-0.1, -0.05) is 30.3 Å². The summed E-state index contributed by atoms with van der Waals surface area (Å²) in [6.45, 7) is 0.291. The second-order valence-electron chi connectivity index (χ2n) is 7.10. The number of carbonyl (C=O) groups is 1. The quantitative estimate of drug-likeness (QED) is 0.717. The lowest BCUT2D eigenvalue weighted by Crippen LogP contribution is -2.32. The predicted octanol–water partition coefficient (Wildman–Crippen LogP) is 3.03. The summed E-state index contributed by atoms with van der Waals surface area (Å²) in [5, 5.41) is 3.39. The Kier molecular flexibility index (Phi) is 5.37. The van der Waals surface area contributed by atoms with Crippen LogP contribution in [-0.2, 0) is 17.9 Å². The zero-order valence-corrected chi connectivity index (χ0v) is 15.6. The van der Waals surface area contributed by atoms with E-state index in [0.717, 1.165) is 24.2 Å². The minimum absolute atomic E-state index is 0.0671. The monoisotopic (exact) mass is 377 g/mol. The Morgan fingerprint density at radius 1 is 1.11 bits per heavy atom. The number of hydrogen-bond donors (Lipinski definition) is 1. The average molecular weight is 377 g/mol. The van der Waals surface area contributed by atoms with Gasteiger partial charge in [-0.2, -0.15) is 0 Å². The summed E-state index contributed by atoms with van der Waals surface area (Å²) in [5.74, 6) is 0.578. The third-order valence-corrected chi connectivity index (χ3v) is 5.09. The van der Waals surface area contributed by atoms with Gasteiger partial charge in [-0.05, 0) is 43.9 Å². The molecule has 0 atom stereocenters. The number of fused-ring (bicyclic) bond motifs is 1. The summed E-state index contributed by atoms with van der Waals surface area (Å²) in [7, 11) is 0. The number of hydrogen-bond acceptors (Lipinski definition) is 4. The van der Waals surface area contributed by atoms with Gasteiger partial charge in [0.25, 0.3) is 5.56 Å². The number of rotatable bonds is 6. The molecule has 28 heavy (non-hydrogen) atoms. The Morgan fingerprint density at radius 3 is 2.71 bits per heavy atom. The van der Waals surface area contributed by atoms with Crippen LogP contribution in [0.1, 0.15) is 31.2 Å². The minimum atomic E-state index is -0.241. The van der Waals surface area contributed by atoms with Crippen LogP contribution in [-0.4, -0.2) is 21.6 Å². The highest BCUT2D eigenvalue weighted by Crippen LogP contribution is 2.26. The lowest BCUT2D eigenvalue weighted by atomic mass is 10.2. The smallest absolute Gasteiger partial charge is 0.261 e. The van der Waals surface area contributed by atoms with Gasteiger partial charge in [-0.25, -0.2) is 4.98 Å². The molecule has 6 heteroatoms. The fraction of sp³-hybridized carbons (Fsp3) is 0.318. The van der Waals surface area contributed by atoms with E-state index in [1.54, 1.807) is 18.2 Å². The van der Waals surface area contributed by atoms with Crippen LogP contribution in [0.15, 0.2) is 59.7 Å².